The van der Waals surface area contributed by atoms with Crippen LogP contribution in [0.1, 0.15) is 206 Å². The van der Waals surface area contributed by atoms with Crippen molar-refractivity contribution in [2.45, 2.75) is 219 Å². The Kier molecular flexibility index (Phi) is 35.5. The summed E-state index contributed by atoms with van der Waals surface area (Å²) in [4.78, 5) is 36.2. The van der Waals surface area contributed by atoms with Crippen LogP contribution in [0.5, 0.6) is 0 Å². The number of ether oxygens (including phenoxy) is 1. The molecule has 0 radical (unpaired) electrons. The minimum absolute atomic E-state index is 0.0735. The topological polar surface area (TPSA) is 119 Å². The van der Waals surface area contributed by atoms with Crippen LogP contribution in [0.2, 0.25) is 0 Å². The van der Waals surface area contributed by atoms with E-state index in [4.69, 9.17) is 10.5 Å². The molecule has 7 nitrogen and oxygen atoms in total. The summed E-state index contributed by atoms with van der Waals surface area (Å²) in [5.41, 5.74) is 5.47. The summed E-state index contributed by atoms with van der Waals surface area (Å²) in [5, 5.41) is 11.9. The van der Waals surface area contributed by atoms with Crippen LogP contribution in [-0.4, -0.2) is 41.6 Å². The van der Waals surface area contributed by atoms with E-state index in [0.717, 1.165) is 70.6 Å². The van der Waals surface area contributed by atoms with E-state index in [1.54, 1.807) is 0 Å². The maximum Gasteiger partial charge on any atom is 0.326 e. The van der Waals surface area contributed by atoms with E-state index in [1.165, 1.54) is 96.3 Å². The number of hydrogen-bond donors (Lipinski definition) is 3. The molecule has 0 bridgehead atoms. The number of allylic oxidation sites excluding steroid dienone is 3. The van der Waals surface area contributed by atoms with Gasteiger partial charge in [0.05, 0.1) is 0 Å². The second-order valence-corrected chi connectivity index (χ2v) is 14.1. The highest BCUT2D eigenvalue weighted by molar-refractivity contribution is 5.83. The van der Waals surface area contributed by atoms with Gasteiger partial charge in [-0.15, -0.1) is 0 Å². The van der Waals surface area contributed by atoms with Crippen LogP contribution in [-0.2, 0) is 19.1 Å². The van der Waals surface area contributed by atoms with E-state index in [2.05, 4.69) is 43.5 Å². The van der Waals surface area contributed by atoms with Crippen LogP contribution in [0.15, 0.2) is 24.3 Å². The lowest BCUT2D eigenvalue weighted by atomic mass is 10.0. The number of aliphatic carboxylic acids is 1. The number of carbonyl (C=O) groups is 3. The normalized spacial score (nSPS) is 12.9. The van der Waals surface area contributed by atoms with Crippen molar-refractivity contribution in [1.29, 1.82) is 0 Å². The molecule has 2 unspecified atom stereocenters. The minimum Gasteiger partial charge on any atom is -0.480 e. The van der Waals surface area contributed by atoms with Crippen LogP contribution < -0.4 is 11.1 Å². The molecule has 0 aromatic rings. The molecule has 49 heavy (non-hydrogen) atoms. The average molecular weight is 691 g/mol. The Balaban J connectivity index is 4.31. The standard InChI is InChI=1S/C42H78N2O5/c1-3-5-7-9-11-13-14-15-16-18-20-26-30-36-41(46)49-38(32-27-23-19-17-12-10-8-6-4-2)33-28-24-21-22-25-29-35-40(45)44-39(42(47)48)34-31-37-43/h17,19,27,32,38-39H,3-16,18,20-26,28-31,33-37,43H2,1-2H3,(H,44,45)(H,47,48)/b19-17-,32-27-. The first-order chi connectivity index (χ1) is 23.9. The molecule has 0 aliphatic heterocycles. The molecule has 1 amide bonds. The maximum atomic E-state index is 12.7. The summed E-state index contributed by atoms with van der Waals surface area (Å²) >= 11 is 0. The van der Waals surface area contributed by atoms with Gasteiger partial charge in [-0.3, -0.25) is 9.59 Å². The second-order valence-electron chi connectivity index (χ2n) is 14.1. The lowest BCUT2D eigenvalue weighted by Crippen LogP contribution is -2.40. The van der Waals surface area contributed by atoms with Crippen molar-refractivity contribution in [1.82, 2.24) is 5.32 Å². The molecule has 286 valence electrons. The van der Waals surface area contributed by atoms with E-state index in [-0.39, 0.29) is 18.0 Å². The van der Waals surface area contributed by atoms with E-state index in [9.17, 15) is 19.5 Å². The van der Waals surface area contributed by atoms with Crippen LogP contribution in [0, 0.1) is 0 Å². The zero-order chi connectivity index (χ0) is 36.0. The van der Waals surface area contributed by atoms with Crippen molar-refractivity contribution < 1.29 is 24.2 Å². The number of nitrogens with one attached hydrogen (secondary N) is 1. The first-order valence-electron chi connectivity index (χ1n) is 20.7. The molecular formula is C42H78N2O5. The third kappa shape index (κ3) is 34.1. The van der Waals surface area contributed by atoms with Crippen LogP contribution in [0.4, 0.5) is 0 Å². The van der Waals surface area contributed by atoms with Crippen LogP contribution in [0.25, 0.3) is 0 Å². The molecule has 0 aliphatic carbocycles. The first kappa shape index (κ1) is 46.9. The van der Waals surface area contributed by atoms with Gasteiger partial charge in [0.2, 0.25) is 5.91 Å². The third-order valence-corrected chi connectivity index (χ3v) is 9.25. The van der Waals surface area contributed by atoms with Gasteiger partial charge in [-0.25, -0.2) is 4.79 Å². The largest absolute Gasteiger partial charge is 0.480 e. The van der Waals surface area contributed by atoms with Crippen molar-refractivity contribution in [3.63, 3.8) is 0 Å². The Morgan fingerprint density at radius 3 is 1.67 bits per heavy atom. The summed E-state index contributed by atoms with van der Waals surface area (Å²) in [7, 11) is 0. The Hall–Kier alpha value is -2.15. The Bertz CT molecular complexity index is 828. The van der Waals surface area contributed by atoms with Gasteiger partial charge in [-0.05, 0) is 70.4 Å². The van der Waals surface area contributed by atoms with Crippen molar-refractivity contribution in [3.05, 3.63) is 24.3 Å². The van der Waals surface area contributed by atoms with E-state index in [1.807, 2.05) is 0 Å². The number of nitrogens with two attached hydrogens (primary N) is 1. The lowest BCUT2D eigenvalue weighted by molar-refractivity contribution is -0.147. The lowest BCUT2D eigenvalue weighted by Gasteiger charge is -2.15. The Morgan fingerprint density at radius 2 is 1.12 bits per heavy atom. The fourth-order valence-electron chi connectivity index (χ4n) is 6.11. The van der Waals surface area contributed by atoms with Gasteiger partial charge >= 0.3 is 11.9 Å². The zero-order valence-electron chi connectivity index (χ0n) is 32.0. The monoisotopic (exact) mass is 691 g/mol. The van der Waals surface area contributed by atoms with Crippen molar-refractivity contribution >= 4 is 17.8 Å². The molecule has 0 heterocycles. The van der Waals surface area contributed by atoms with Gasteiger partial charge < -0.3 is 20.9 Å². The molecule has 0 saturated heterocycles. The summed E-state index contributed by atoms with van der Waals surface area (Å²) in [6.45, 7) is 4.92. The van der Waals surface area contributed by atoms with Gasteiger partial charge in [-0.1, -0.05) is 154 Å². The molecule has 2 atom stereocenters. The van der Waals surface area contributed by atoms with Crippen molar-refractivity contribution in [2.75, 3.05) is 6.54 Å². The van der Waals surface area contributed by atoms with E-state index >= 15 is 0 Å². The fraction of sp³-hybridized carbons (Fsp3) is 0.833. The Morgan fingerprint density at radius 1 is 0.612 bits per heavy atom. The zero-order valence-corrected chi connectivity index (χ0v) is 32.0. The number of rotatable bonds is 37. The highest BCUT2D eigenvalue weighted by Gasteiger charge is 2.18. The minimum atomic E-state index is -1.01. The SMILES string of the molecule is CCCCCC/C=C\C/C=C\C(CCCCCCCCC(=O)NC(CCCN)C(=O)O)OC(=O)CCCCCCCCCCCCCCC. The maximum absolute atomic E-state index is 12.7. The van der Waals surface area contributed by atoms with Gasteiger partial charge in [0.15, 0.2) is 0 Å². The van der Waals surface area contributed by atoms with Crippen LogP contribution >= 0.6 is 0 Å². The van der Waals surface area contributed by atoms with Gasteiger partial charge in [-0.2, -0.15) is 0 Å². The number of unbranched alkanes of at least 4 members (excludes halogenated alkanes) is 21. The summed E-state index contributed by atoms with van der Waals surface area (Å²) in [6, 6.07) is -0.854. The molecule has 0 aromatic carbocycles. The number of esters is 1. The number of carbonyl (C=O) groups excluding carboxylic acids is 2. The van der Waals surface area contributed by atoms with E-state index < -0.39 is 12.0 Å². The average Bonchev–Trinajstić information content (AvgIpc) is 3.08. The van der Waals surface area contributed by atoms with Crippen molar-refractivity contribution in [2.24, 2.45) is 5.73 Å². The summed E-state index contributed by atoms with van der Waals surface area (Å²) in [6.07, 6.45) is 40.9. The molecule has 0 spiro atoms. The summed E-state index contributed by atoms with van der Waals surface area (Å²) in [5.74, 6) is -1.28. The Labute approximate surface area is 302 Å². The highest BCUT2D eigenvalue weighted by atomic mass is 16.5. The fourth-order valence-corrected chi connectivity index (χ4v) is 6.11. The second kappa shape index (κ2) is 37.1. The molecule has 0 saturated carbocycles. The molecule has 0 rings (SSSR count). The predicted octanol–water partition coefficient (Wildman–Crippen LogP) is 11.3. The third-order valence-electron chi connectivity index (χ3n) is 9.25. The molecule has 0 fully saturated rings. The quantitative estimate of drug-likeness (QED) is 0.0339. The molecule has 7 heteroatoms. The first-order valence-corrected chi connectivity index (χ1v) is 20.7. The highest BCUT2D eigenvalue weighted by Crippen LogP contribution is 2.16. The van der Waals surface area contributed by atoms with Gasteiger partial charge in [0.1, 0.15) is 12.1 Å². The van der Waals surface area contributed by atoms with E-state index in [0.29, 0.717) is 32.2 Å². The number of amides is 1. The molecule has 0 aromatic heterocycles. The number of carboxylic acid groups (broad SMARTS) is 1. The van der Waals surface area contributed by atoms with Gasteiger partial charge in [0.25, 0.3) is 0 Å². The molecule has 0 aliphatic rings. The molecular weight excluding hydrogens is 612 g/mol. The number of hydrogen-bond acceptors (Lipinski definition) is 5. The molecule has 4 N–H and O–H groups in total. The predicted molar refractivity (Wildman–Crippen MR) is 207 cm³/mol. The summed E-state index contributed by atoms with van der Waals surface area (Å²) < 4.78 is 5.93. The smallest absolute Gasteiger partial charge is 0.326 e. The van der Waals surface area contributed by atoms with Gasteiger partial charge in [0, 0.05) is 12.8 Å². The number of carboxylic acids is 1. The van der Waals surface area contributed by atoms with Crippen LogP contribution in [0.3, 0.4) is 0 Å². The van der Waals surface area contributed by atoms with Crippen molar-refractivity contribution in [3.8, 4) is 0 Å².